The number of aromatic nitrogens is 1. The minimum absolute atomic E-state index is 0.0881. The SMILES string of the molecule is CCCNc1cc([N+](=O)[O-])cc(NCC(=O)OCC)n1. The highest BCUT2D eigenvalue weighted by Gasteiger charge is 2.12. The third kappa shape index (κ3) is 5.09. The van der Waals surface area contributed by atoms with Crippen LogP contribution in [0.4, 0.5) is 17.3 Å². The van der Waals surface area contributed by atoms with Crippen LogP contribution in [-0.4, -0.2) is 35.6 Å². The van der Waals surface area contributed by atoms with Gasteiger partial charge in [0.1, 0.15) is 18.2 Å². The van der Waals surface area contributed by atoms with Gasteiger partial charge in [0.15, 0.2) is 0 Å². The molecule has 0 radical (unpaired) electrons. The highest BCUT2D eigenvalue weighted by atomic mass is 16.6. The first-order valence-electron chi connectivity index (χ1n) is 6.36. The summed E-state index contributed by atoms with van der Waals surface area (Å²) in [5, 5.41) is 16.5. The second-order valence-corrected chi connectivity index (χ2v) is 3.94. The van der Waals surface area contributed by atoms with E-state index in [4.69, 9.17) is 4.74 Å². The van der Waals surface area contributed by atoms with Crippen molar-refractivity contribution in [1.29, 1.82) is 0 Å². The summed E-state index contributed by atoms with van der Waals surface area (Å²) in [6.07, 6.45) is 0.871. The van der Waals surface area contributed by atoms with Gasteiger partial charge in [0, 0.05) is 6.54 Å². The Morgan fingerprint density at radius 1 is 1.35 bits per heavy atom. The van der Waals surface area contributed by atoms with Crippen molar-refractivity contribution in [2.75, 3.05) is 30.3 Å². The van der Waals surface area contributed by atoms with E-state index >= 15 is 0 Å². The number of hydrogen-bond acceptors (Lipinski definition) is 7. The number of nitro groups is 1. The molecule has 0 bridgehead atoms. The first kappa shape index (κ1) is 15.7. The van der Waals surface area contributed by atoms with Gasteiger partial charge in [-0.15, -0.1) is 0 Å². The van der Waals surface area contributed by atoms with Gasteiger partial charge in [0.2, 0.25) is 0 Å². The fourth-order valence-electron chi connectivity index (χ4n) is 1.43. The predicted octanol–water partition coefficient (Wildman–Crippen LogP) is 1.79. The van der Waals surface area contributed by atoms with Gasteiger partial charge in [-0.25, -0.2) is 4.98 Å². The van der Waals surface area contributed by atoms with E-state index in [0.717, 1.165) is 6.42 Å². The van der Waals surface area contributed by atoms with Crippen LogP contribution in [0.5, 0.6) is 0 Å². The van der Waals surface area contributed by atoms with Crippen LogP contribution in [0.2, 0.25) is 0 Å². The third-order valence-electron chi connectivity index (χ3n) is 2.30. The van der Waals surface area contributed by atoms with E-state index in [1.54, 1.807) is 6.92 Å². The van der Waals surface area contributed by atoms with Crippen LogP contribution in [0, 0.1) is 10.1 Å². The number of pyridine rings is 1. The van der Waals surface area contributed by atoms with Gasteiger partial charge in [0.05, 0.1) is 23.7 Å². The third-order valence-corrected chi connectivity index (χ3v) is 2.30. The molecule has 1 aromatic rings. The van der Waals surface area contributed by atoms with Gasteiger partial charge in [0.25, 0.3) is 5.69 Å². The Kier molecular flexibility index (Phi) is 6.21. The largest absolute Gasteiger partial charge is 0.465 e. The lowest BCUT2D eigenvalue weighted by Crippen LogP contribution is -2.17. The molecule has 0 atom stereocenters. The molecular weight excluding hydrogens is 264 g/mol. The Morgan fingerprint density at radius 3 is 2.55 bits per heavy atom. The average Bonchev–Trinajstić information content (AvgIpc) is 2.43. The summed E-state index contributed by atoms with van der Waals surface area (Å²) >= 11 is 0. The summed E-state index contributed by atoms with van der Waals surface area (Å²) in [7, 11) is 0. The number of carbonyl (C=O) groups is 1. The molecule has 0 fully saturated rings. The van der Waals surface area contributed by atoms with Gasteiger partial charge >= 0.3 is 5.97 Å². The molecule has 2 N–H and O–H groups in total. The smallest absolute Gasteiger partial charge is 0.325 e. The number of nitrogens with zero attached hydrogens (tertiary/aromatic N) is 2. The van der Waals surface area contributed by atoms with E-state index in [9.17, 15) is 14.9 Å². The van der Waals surface area contributed by atoms with E-state index in [0.29, 0.717) is 12.4 Å². The molecule has 0 aromatic carbocycles. The molecule has 1 heterocycles. The molecule has 110 valence electrons. The molecule has 0 aliphatic carbocycles. The minimum Gasteiger partial charge on any atom is -0.465 e. The average molecular weight is 282 g/mol. The van der Waals surface area contributed by atoms with E-state index in [1.807, 2.05) is 6.92 Å². The first-order chi connectivity index (χ1) is 9.56. The summed E-state index contributed by atoms with van der Waals surface area (Å²) in [6.45, 7) is 4.54. The first-order valence-corrected chi connectivity index (χ1v) is 6.36. The zero-order valence-electron chi connectivity index (χ0n) is 11.5. The summed E-state index contributed by atoms with van der Waals surface area (Å²) in [4.78, 5) is 25.7. The van der Waals surface area contributed by atoms with Gasteiger partial charge < -0.3 is 15.4 Å². The fourth-order valence-corrected chi connectivity index (χ4v) is 1.43. The zero-order chi connectivity index (χ0) is 15.0. The monoisotopic (exact) mass is 282 g/mol. The van der Waals surface area contributed by atoms with E-state index in [2.05, 4.69) is 15.6 Å². The molecule has 0 amide bonds. The Hall–Kier alpha value is -2.38. The lowest BCUT2D eigenvalue weighted by molar-refractivity contribution is -0.384. The van der Waals surface area contributed by atoms with Crippen LogP contribution in [0.3, 0.4) is 0 Å². The Labute approximate surface area is 116 Å². The van der Waals surface area contributed by atoms with Crippen molar-refractivity contribution >= 4 is 23.3 Å². The van der Waals surface area contributed by atoms with Crippen molar-refractivity contribution < 1.29 is 14.5 Å². The molecule has 0 saturated carbocycles. The second kappa shape index (κ2) is 7.93. The predicted molar refractivity (Wildman–Crippen MR) is 74.8 cm³/mol. The van der Waals surface area contributed by atoms with Crippen LogP contribution >= 0.6 is 0 Å². The Morgan fingerprint density at radius 2 is 2.00 bits per heavy atom. The molecule has 0 spiro atoms. The van der Waals surface area contributed by atoms with Gasteiger partial charge in [-0.05, 0) is 13.3 Å². The number of ether oxygens (including phenoxy) is 1. The Balaban J connectivity index is 2.80. The fraction of sp³-hybridized carbons (Fsp3) is 0.500. The molecule has 0 aliphatic heterocycles. The lowest BCUT2D eigenvalue weighted by atomic mass is 10.3. The van der Waals surface area contributed by atoms with Crippen molar-refractivity contribution in [2.24, 2.45) is 0 Å². The highest BCUT2D eigenvalue weighted by molar-refractivity contribution is 5.74. The van der Waals surface area contributed by atoms with Crippen LogP contribution in [0.25, 0.3) is 0 Å². The highest BCUT2D eigenvalue weighted by Crippen LogP contribution is 2.20. The molecule has 8 nitrogen and oxygen atoms in total. The number of hydrogen-bond donors (Lipinski definition) is 2. The van der Waals surface area contributed by atoms with Crippen LogP contribution < -0.4 is 10.6 Å². The second-order valence-electron chi connectivity index (χ2n) is 3.94. The van der Waals surface area contributed by atoms with Gasteiger partial charge in [-0.2, -0.15) is 0 Å². The van der Waals surface area contributed by atoms with Gasteiger partial charge in [-0.3, -0.25) is 14.9 Å². The van der Waals surface area contributed by atoms with Crippen molar-refractivity contribution in [3.05, 3.63) is 22.2 Å². The van der Waals surface area contributed by atoms with E-state index in [1.165, 1.54) is 12.1 Å². The molecule has 0 unspecified atom stereocenters. The molecule has 1 aromatic heterocycles. The summed E-state index contributed by atoms with van der Waals surface area (Å²) in [6, 6.07) is 2.63. The van der Waals surface area contributed by atoms with Crippen LogP contribution in [0.15, 0.2) is 12.1 Å². The quantitative estimate of drug-likeness (QED) is 0.425. The van der Waals surface area contributed by atoms with Crippen molar-refractivity contribution in [1.82, 2.24) is 4.98 Å². The maximum Gasteiger partial charge on any atom is 0.325 e. The number of esters is 1. The van der Waals surface area contributed by atoms with E-state index in [-0.39, 0.29) is 24.7 Å². The maximum atomic E-state index is 11.2. The van der Waals surface area contributed by atoms with Crippen molar-refractivity contribution in [2.45, 2.75) is 20.3 Å². The maximum absolute atomic E-state index is 11.2. The van der Waals surface area contributed by atoms with Crippen LogP contribution in [0.1, 0.15) is 20.3 Å². The molecule has 0 saturated heterocycles. The summed E-state index contributed by atoms with van der Waals surface area (Å²) in [5.41, 5.74) is -0.0926. The lowest BCUT2D eigenvalue weighted by Gasteiger charge is -2.08. The van der Waals surface area contributed by atoms with Crippen molar-refractivity contribution in [3.63, 3.8) is 0 Å². The number of nitrogens with one attached hydrogen (secondary N) is 2. The van der Waals surface area contributed by atoms with Crippen LogP contribution in [-0.2, 0) is 9.53 Å². The molecule has 1 rings (SSSR count). The topological polar surface area (TPSA) is 106 Å². The minimum atomic E-state index is -0.506. The molecular formula is C12H18N4O4. The van der Waals surface area contributed by atoms with Crippen molar-refractivity contribution in [3.8, 4) is 0 Å². The molecule has 20 heavy (non-hydrogen) atoms. The Bertz CT molecular complexity index is 479. The normalized spacial score (nSPS) is 9.90. The number of rotatable bonds is 8. The van der Waals surface area contributed by atoms with E-state index < -0.39 is 10.9 Å². The number of anilines is 2. The zero-order valence-corrected chi connectivity index (χ0v) is 11.5. The molecule has 8 heteroatoms. The molecule has 0 aliphatic rings. The van der Waals surface area contributed by atoms with Gasteiger partial charge in [-0.1, -0.05) is 6.92 Å². The number of carbonyl (C=O) groups excluding carboxylic acids is 1. The summed E-state index contributed by atoms with van der Waals surface area (Å²) < 4.78 is 4.76. The standard InChI is InChI=1S/C12H18N4O4/c1-3-5-13-10-6-9(16(18)19)7-11(15-10)14-8-12(17)20-4-2/h6-7H,3-5,8H2,1-2H3,(H2,13,14,15). The summed E-state index contributed by atoms with van der Waals surface area (Å²) in [5.74, 6) is 0.210.